The number of benzene rings is 2. The monoisotopic (exact) mass is 400 g/mol. The standard InChI is InChI=1S/C20H21FN4O2S/c1-27-16-3-2-4-17-18(16)23-20(28-17)25-11-9-24(10-12-25)19(26)22-13-14-5-7-15(21)8-6-14/h2-8H,9-13H2,1H3,(H,22,26). The van der Waals surface area contributed by atoms with Crippen LogP contribution in [0, 0.1) is 5.82 Å². The van der Waals surface area contributed by atoms with Crippen LogP contribution in [0.3, 0.4) is 0 Å². The van der Waals surface area contributed by atoms with Crippen molar-refractivity contribution < 1.29 is 13.9 Å². The number of nitrogens with zero attached hydrogens (tertiary/aromatic N) is 3. The van der Waals surface area contributed by atoms with E-state index in [1.165, 1.54) is 12.1 Å². The predicted octanol–water partition coefficient (Wildman–Crippen LogP) is 3.48. The Labute approximate surface area is 166 Å². The van der Waals surface area contributed by atoms with Crippen molar-refractivity contribution in [3.63, 3.8) is 0 Å². The Morgan fingerprint density at radius 1 is 1.18 bits per heavy atom. The lowest BCUT2D eigenvalue weighted by Crippen LogP contribution is -2.51. The van der Waals surface area contributed by atoms with Crippen LogP contribution in [0.5, 0.6) is 5.75 Å². The first-order valence-corrected chi connectivity index (χ1v) is 9.91. The lowest BCUT2D eigenvalue weighted by Gasteiger charge is -2.34. The maximum Gasteiger partial charge on any atom is 0.317 e. The Bertz CT molecular complexity index is 968. The summed E-state index contributed by atoms with van der Waals surface area (Å²) in [6, 6.07) is 12.0. The first kappa shape index (κ1) is 18.5. The number of hydrogen-bond acceptors (Lipinski definition) is 5. The van der Waals surface area contributed by atoms with Gasteiger partial charge in [-0.05, 0) is 29.8 Å². The fraction of sp³-hybridized carbons (Fsp3) is 0.300. The molecule has 1 aliphatic heterocycles. The summed E-state index contributed by atoms with van der Waals surface area (Å²) >= 11 is 1.64. The summed E-state index contributed by atoms with van der Waals surface area (Å²) < 4.78 is 19.4. The van der Waals surface area contributed by atoms with Crippen molar-refractivity contribution in [3.8, 4) is 5.75 Å². The van der Waals surface area contributed by atoms with Crippen LogP contribution in [0.4, 0.5) is 14.3 Å². The number of methoxy groups -OCH3 is 1. The van der Waals surface area contributed by atoms with Crippen molar-refractivity contribution in [1.29, 1.82) is 0 Å². The van der Waals surface area contributed by atoms with Crippen LogP contribution in [0.2, 0.25) is 0 Å². The average molecular weight is 400 g/mol. The number of urea groups is 1. The van der Waals surface area contributed by atoms with Gasteiger partial charge in [-0.2, -0.15) is 0 Å². The van der Waals surface area contributed by atoms with E-state index in [2.05, 4.69) is 10.2 Å². The highest BCUT2D eigenvalue weighted by Crippen LogP contribution is 2.34. The van der Waals surface area contributed by atoms with Gasteiger partial charge in [0.1, 0.15) is 17.1 Å². The van der Waals surface area contributed by atoms with Crippen LogP contribution in [0.1, 0.15) is 5.56 Å². The van der Waals surface area contributed by atoms with E-state index in [1.54, 1.807) is 35.5 Å². The fourth-order valence-electron chi connectivity index (χ4n) is 3.20. The van der Waals surface area contributed by atoms with Gasteiger partial charge in [0.2, 0.25) is 0 Å². The zero-order chi connectivity index (χ0) is 19.5. The highest BCUT2D eigenvalue weighted by molar-refractivity contribution is 7.22. The normalized spacial score (nSPS) is 14.4. The molecule has 0 aliphatic carbocycles. The quantitative estimate of drug-likeness (QED) is 0.729. The first-order chi connectivity index (χ1) is 13.6. The number of rotatable bonds is 4. The number of aromatic nitrogens is 1. The molecule has 8 heteroatoms. The molecule has 146 valence electrons. The van der Waals surface area contributed by atoms with Gasteiger partial charge in [-0.3, -0.25) is 0 Å². The molecule has 4 rings (SSSR count). The maximum absolute atomic E-state index is 13.0. The summed E-state index contributed by atoms with van der Waals surface area (Å²) in [7, 11) is 1.65. The van der Waals surface area contributed by atoms with E-state index in [9.17, 15) is 9.18 Å². The highest BCUT2D eigenvalue weighted by Gasteiger charge is 2.23. The zero-order valence-corrected chi connectivity index (χ0v) is 16.3. The molecule has 0 bridgehead atoms. The molecule has 0 atom stereocenters. The van der Waals surface area contributed by atoms with Crippen LogP contribution < -0.4 is 15.0 Å². The zero-order valence-electron chi connectivity index (χ0n) is 15.5. The SMILES string of the molecule is COc1cccc2sc(N3CCN(C(=O)NCc4ccc(F)cc4)CC3)nc12. The number of carbonyl (C=O) groups excluding carboxylic acids is 1. The van der Waals surface area contributed by atoms with Crippen LogP contribution >= 0.6 is 11.3 Å². The van der Waals surface area contributed by atoms with Crippen molar-refractivity contribution in [3.05, 3.63) is 53.8 Å². The Morgan fingerprint density at radius 2 is 1.93 bits per heavy atom. The number of nitrogens with one attached hydrogen (secondary N) is 1. The molecule has 2 heterocycles. The Kier molecular flexibility index (Phi) is 5.29. The Balaban J connectivity index is 1.34. The molecule has 0 radical (unpaired) electrons. The molecule has 1 saturated heterocycles. The third-order valence-electron chi connectivity index (χ3n) is 4.78. The molecule has 1 aliphatic rings. The van der Waals surface area contributed by atoms with Crippen molar-refractivity contribution in [2.24, 2.45) is 0 Å². The van der Waals surface area contributed by atoms with Crippen LogP contribution in [-0.4, -0.2) is 49.2 Å². The molecule has 6 nitrogen and oxygen atoms in total. The highest BCUT2D eigenvalue weighted by atomic mass is 32.1. The summed E-state index contributed by atoms with van der Waals surface area (Å²) in [5, 5.41) is 3.85. The molecule has 2 amide bonds. The number of anilines is 1. The number of halogens is 1. The summed E-state index contributed by atoms with van der Waals surface area (Å²) in [4.78, 5) is 21.1. The van der Waals surface area contributed by atoms with Gasteiger partial charge in [-0.1, -0.05) is 29.5 Å². The van der Waals surface area contributed by atoms with Crippen molar-refractivity contribution in [1.82, 2.24) is 15.2 Å². The molecule has 28 heavy (non-hydrogen) atoms. The minimum Gasteiger partial charge on any atom is -0.494 e. The third kappa shape index (κ3) is 3.87. The van der Waals surface area contributed by atoms with E-state index in [0.717, 1.165) is 39.8 Å². The summed E-state index contributed by atoms with van der Waals surface area (Å²) in [5.41, 5.74) is 1.75. The number of piperazine rings is 1. The lowest BCUT2D eigenvalue weighted by atomic mass is 10.2. The molecule has 0 saturated carbocycles. The molecule has 0 unspecified atom stereocenters. The topological polar surface area (TPSA) is 57.7 Å². The minimum atomic E-state index is -0.279. The number of carbonyl (C=O) groups is 1. The van der Waals surface area contributed by atoms with Gasteiger partial charge < -0.3 is 19.9 Å². The Morgan fingerprint density at radius 3 is 2.64 bits per heavy atom. The second-order valence-electron chi connectivity index (χ2n) is 6.56. The van der Waals surface area contributed by atoms with E-state index in [0.29, 0.717) is 19.6 Å². The van der Waals surface area contributed by atoms with Crippen molar-refractivity contribution in [2.45, 2.75) is 6.54 Å². The van der Waals surface area contributed by atoms with Crippen molar-refractivity contribution >= 4 is 32.7 Å². The number of thiazole rings is 1. The van der Waals surface area contributed by atoms with Gasteiger partial charge in [-0.25, -0.2) is 14.2 Å². The van der Waals surface area contributed by atoms with Crippen LogP contribution in [-0.2, 0) is 6.54 Å². The molecule has 3 aromatic rings. The van der Waals surface area contributed by atoms with E-state index in [1.807, 2.05) is 18.2 Å². The fourth-order valence-corrected chi connectivity index (χ4v) is 4.24. The Hall–Kier alpha value is -2.87. The smallest absolute Gasteiger partial charge is 0.317 e. The third-order valence-corrected chi connectivity index (χ3v) is 5.87. The number of fused-ring (bicyclic) bond motifs is 1. The van der Waals surface area contributed by atoms with Gasteiger partial charge in [0.05, 0.1) is 11.8 Å². The molecular formula is C20H21FN4O2S. The lowest BCUT2D eigenvalue weighted by molar-refractivity contribution is 0.194. The molecular weight excluding hydrogens is 379 g/mol. The van der Waals surface area contributed by atoms with E-state index >= 15 is 0 Å². The van der Waals surface area contributed by atoms with Gasteiger partial charge in [0.25, 0.3) is 0 Å². The molecule has 1 fully saturated rings. The summed E-state index contributed by atoms with van der Waals surface area (Å²) in [5.74, 6) is 0.498. The van der Waals surface area contributed by atoms with E-state index in [4.69, 9.17) is 9.72 Å². The van der Waals surface area contributed by atoms with Gasteiger partial charge >= 0.3 is 6.03 Å². The number of para-hydroxylation sites is 1. The van der Waals surface area contributed by atoms with Gasteiger partial charge in [-0.15, -0.1) is 0 Å². The molecule has 1 aromatic heterocycles. The van der Waals surface area contributed by atoms with Crippen molar-refractivity contribution in [2.75, 3.05) is 38.2 Å². The number of hydrogen-bond donors (Lipinski definition) is 1. The number of ether oxygens (including phenoxy) is 1. The minimum absolute atomic E-state index is 0.102. The molecule has 0 spiro atoms. The van der Waals surface area contributed by atoms with Crippen LogP contribution in [0.15, 0.2) is 42.5 Å². The summed E-state index contributed by atoms with van der Waals surface area (Å²) in [6.45, 7) is 3.10. The van der Waals surface area contributed by atoms with Crippen LogP contribution in [0.25, 0.3) is 10.2 Å². The second-order valence-corrected chi connectivity index (χ2v) is 7.57. The average Bonchev–Trinajstić information content (AvgIpc) is 3.17. The second kappa shape index (κ2) is 8.02. The maximum atomic E-state index is 13.0. The first-order valence-electron chi connectivity index (χ1n) is 9.10. The largest absolute Gasteiger partial charge is 0.494 e. The molecule has 2 aromatic carbocycles. The van der Waals surface area contributed by atoms with E-state index in [-0.39, 0.29) is 11.8 Å². The van der Waals surface area contributed by atoms with Gasteiger partial charge in [0, 0.05) is 32.7 Å². The summed E-state index contributed by atoms with van der Waals surface area (Å²) in [6.07, 6.45) is 0. The van der Waals surface area contributed by atoms with E-state index < -0.39 is 0 Å². The predicted molar refractivity (Wildman–Crippen MR) is 109 cm³/mol. The van der Waals surface area contributed by atoms with Gasteiger partial charge in [0.15, 0.2) is 5.13 Å². The number of amides is 2. The molecule has 1 N–H and O–H groups in total.